The average Bonchev–Trinajstić information content (AvgIpc) is 2.89. The largest absolute Gasteiger partial charge is 0.369 e. The highest BCUT2D eigenvalue weighted by Gasteiger charge is 2.42. The molecule has 1 saturated carbocycles. The molecule has 2 aromatic heterocycles. The topological polar surface area (TPSA) is 37.8 Å². The van der Waals surface area contributed by atoms with Crippen LogP contribution in [-0.4, -0.2) is 16.5 Å². The van der Waals surface area contributed by atoms with Crippen LogP contribution >= 0.6 is 11.3 Å². The van der Waals surface area contributed by atoms with Crippen molar-refractivity contribution in [3.63, 3.8) is 0 Å². The van der Waals surface area contributed by atoms with Crippen molar-refractivity contribution in [3.8, 4) is 0 Å². The van der Waals surface area contributed by atoms with Crippen molar-refractivity contribution in [2.75, 3.05) is 11.9 Å². The van der Waals surface area contributed by atoms with E-state index in [0.29, 0.717) is 0 Å². The second-order valence-electron chi connectivity index (χ2n) is 6.42. The van der Waals surface area contributed by atoms with E-state index in [1.807, 2.05) is 11.3 Å². The predicted octanol–water partition coefficient (Wildman–Crippen LogP) is 4.05. The van der Waals surface area contributed by atoms with Gasteiger partial charge in [-0.05, 0) is 44.1 Å². The first-order valence-corrected chi connectivity index (χ1v) is 8.59. The first-order chi connectivity index (χ1) is 9.71. The van der Waals surface area contributed by atoms with Crippen LogP contribution < -0.4 is 5.32 Å². The van der Waals surface area contributed by atoms with E-state index in [1.54, 1.807) is 4.88 Å². The molecule has 0 saturated heterocycles. The Balaban J connectivity index is 1.89. The van der Waals surface area contributed by atoms with Crippen molar-refractivity contribution in [1.29, 1.82) is 0 Å². The highest BCUT2D eigenvalue weighted by atomic mass is 32.1. The molecule has 0 aliphatic heterocycles. The summed E-state index contributed by atoms with van der Waals surface area (Å²) in [6.07, 6.45) is 7.33. The zero-order valence-corrected chi connectivity index (χ0v) is 13.1. The summed E-state index contributed by atoms with van der Waals surface area (Å²) in [4.78, 5) is 12.6. The Hall–Kier alpha value is -1.16. The molecule has 0 atom stereocenters. The van der Waals surface area contributed by atoms with Gasteiger partial charge in [0.25, 0.3) is 0 Å². The van der Waals surface area contributed by atoms with Crippen LogP contribution in [-0.2, 0) is 18.3 Å². The van der Waals surface area contributed by atoms with Crippen molar-refractivity contribution in [1.82, 2.24) is 9.97 Å². The predicted molar refractivity (Wildman–Crippen MR) is 84.8 cm³/mol. The number of aryl methyl sites for hydroxylation is 2. The molecule has 1 N–H and O–H groups in total. The van der Waals surface area contributed by atoms with Crippen LogP contribution in [0.1, 0.15) is 55.8 Å². The van der Waals surface area contributed by atoms with E-state index in [-0.39, 0.29) is 5.41 Å². The van der Waals surface area contributed by atoms with Gasteiger partial charge in [0.2, 0.25) is 0 Å². The fourth-order valence-corrected chi connectivity index (χ4v) is 4.31. The molecule has 2 heterocycles. The first kappa shape index (κ1) is 12.6. The molecular weight excluding hydrogens is 266 g/mol. The van der Waals surface area contributed by atoms with Gasteiger partial charge in [-0.25, -0.2) is 9.97 Å². The Morgan fingerprint density at radius 3 is 2.85 bits per heavy atom. The lowest BCUT2D eigenvalue weighted by Gasteiger charge is -2.12. The molecule has 1 fully saturated rings. The van der Waals surface area contributed by atoms with Crippen molar-refractivity contribution < 1.29 is 0 Å². The summed E-state index contributed by atoms with van der Waals surface area (Å²) in [5.74, 6) is 2.16. The van der Waals surface area contributed by atoms with Gasteiger partial charge in [-0.1, -0.05) is 13.8 Å². The quantitative estimate of drug-likeness (QED) is 0.921. The zero-order chi connectivity index (χ0) is 13.7. The van der Waals surface area contributed by atoms with E-state index in [0.717, 1.165) is 24.6 Å². The fraction of sp³-hybridized carbons (Fsp3) is 0.625. The molecule has 2 aromatic rings. The Kier molecular flexibility index (Phi) is 2.78. The third-order valence-electron chi connectivity index (χ3n) is 4.65. The summed E-state index contributed by atoms with van der Waals surface area (Å²) in [7, 11) is 0. The van der Waals surface area contributed by atoms with Gasteiger partial charge < -0.3 is 5.32 Å². The van der Waals surface area contributed by atoms with E-state index in [1.165, 1.54) is 47.9 Å². The lowest BCUT2D eigenvalue weighted by atomic mass is 10.1. The molecule has 0 amide bonds. The minimum atomic E-state index is 0.241. The van der Waals surface area contributed by atoms with Gasteiger partial charge in [-0.2, -0.15) is 0 Å². The maximum absolute atomic E-state index is 4.91. The Bertz CT molecular complexity index is 670. The second-order valence-corrected chi connectivity index (χ2v) is 7.50. The zero-order valence-electron chi connectivity index (χ0n) is 12.3. The normalized spacial score (nSPS) is 19.3. The molecule has 0 unspecified atom stereocenters. The third kappa shape index (κ3) is 1.85. The molecule has 3 nitrogen and oxygen atoms in total. The summed E-state index contributed by atoms with van der Waals surface area (Å²) in [5.41, 5.74) is 1.77. The van der Waals surface area contributed by atoms with Crippen LogP contribution in [0.5, 0.6) is 0 Å². The monoisotopic (exact) mass is 287 g/mol. The lowest BCUT2D eigenvalue weighted by molar-refractivity contribution is 0.716. The molecule has 0 bridgehead atoms. The molecule has 0 spiro atoms. The van der Waals surface area contributed by atoms with E-state index in [9.17, 15) is 0 Å². The molecule has 0 aromatic carbocycles. The number of hydrogen-bond donors (Lipinski definition) is 1. The molecule has 2 aliphatic rings. The van der Waals surface area contributed by atoms with E-state index in [2.05, 4.69) is 19.2 Å². The van der Waals surface area contributed by atoms with E-state index < -0.39 is 0 Å². The Labute approximate surface area is 123 Å². The summed E-state index contributed by atoms with van der Waals surface area (Å²) < 4.78 is 0. The summed E-state index contributed by atoms with van der Waals surface area (Å²) in [6, 6.07) is 0. The maximum Gasteiger partial charge on any atom is 0.138 e. The van der Waals surface area contributed by atoms with Crippen LogP contribution in [0.4, 0.5) is 5.82 Å². The number of rotatable bonds is 4. The molecule has 4 heteroatoms. The van der Waals surface area contributed by atoms with E-state index in [4.69, 9.17) is 9.97 Å². The maximum atomic E-state index is 4.91. The Morgan fingerprint density at radius 2 is 2.10 bits per heavy atom. The number of nitrogens with one attached hydrogen (secondary N) is 1. The van der Waals surface area contributed by atoms with Crippen LogP contribution in [0.3, 0.4) is 0 Å². The lowest BCUT2D eigenvalue weighted by Crippen LogP contribution is -2.11. The van der Waals surface area contributed by atoms with Crippen molar-refractivity contribution >= 4 is 27.4 Å². The van der Waals surface area contributed by atoms with Crippen LogP contribution in [0.25, 0.3) is 10.2 Å². The number of nitrogens with zero attached hydrogens (tertiary/aromatic N) is 2. The molecule has 106 valence electrons. The van der Waals surface area contributed by atoms with Crippen molar-refractivity contribution in [2.24, 2.45) is 0 Å². The smallest absolute Gasteiger partial charge is 0.138 e. The number of anilines is 1. The van der Waals surface area contributed by atoms with Crippen LogP contribution in [0.15, 0.2) is 0 Å². The van der Waals surface area contributed by atoms with Crippen LogP contribution in [0, 0.1) is 0 Å². The van der Waals surface area contributed by atoms with Crippen molar-refractivity contribution in [3.05, 3.63) is 16.3 Å². The summed E-state index contributed by atoms with van der Waals surface area (Å²) in [5, 5.41) is 4.87. The van der Waals surface area contributed by atoms with E-state index >= 15 is 0 Å². The second kappa shape index (κ2) is 4.42. The molecular formula is C16H21N3S. The molecule has 0 radical (unpaired) electrons. The molecule has 4 rings (SSSR count). The van der Waals surface area contributed by atoms with Gasteiger partial charge in [-0.3, -0.25) is 0 Å². The van der Waals surface area contributed by atoms with Gasteiger partial charge in [0.05, 0.1) is 5.39 Å². The highest BCUT2D eigenvalue weighted by molar-refractivity contribution is 7.19. The number of thiophene rings is 1. The molecule has 20 heavy (non-hydrogen) atoms. The SMILES string of the molecule is CCCNc1nc(C2(C)CC2)nc2sc3c(c12)CCC3. The molecule has 2 aliphatic carbocycles. The van der Waals surface area contributed by atoms with Gasteiger partial charge in [0, 0.05) is 16.8 Å². The van der Waals surface area contributed by atoms with Crippen molar-refractivity contribution in [2.45, 2.75) is 57.8 Å². The minimum absolute atomic E-state index is 0.241. The fourth-order valence-electron chi connectivity index (χ4n) is 3.05. The number of hydrogen-bond acceptors (Lipinski definition) is 4. The highest BCUT2D eigenvalue weighted by Crippen LogP contribution is 2.48. The summed E-state index contributed by atoms with van der Waals surface area (Å²) in [6.45, 7) is 5.48. The van der Waals surface area contributed by atoms with Gasteiger partial charge >= 0.3 is 0 Å². The standard InChI is InChI=1S/C16H21N3S/c1-3-9-17-13-12-10-5-4-6-11(10)20-14(12)19-15(18-13)16(2)7-8-16/h3-9H2,1-2H3,(H,17,18,19). The van der Waals surface area contributed by atoms with Gasteiger partial charge in [0.15, 0.2) is 0 Å². The van der Waals surface area contributed by atoms with Gasteiger partial charge in [-0.15, -0.1) is 11.3 Å². The first-order valence-electron chi connectivity index (χ1n) is 7.78. The third-order valence-corrected chi connectivity index (χ3v) is 5.83. The van der Waals surface area contributed by atoms with Crippen LogP contribution in [0.2, 0.25) is 0 Å². The summed E-state index contributed by atoms with van der Waals surface area (Å²) >= 11 is 1.90. The number of aromatic nitrogens is 2. The van der Waals surface area contributed by atoms with Gasteiger partial charge in [0.1, 0.15) is 16.5 Å². The minimum Gasteiger partial charge on any atom is -0.369 e. The Morgan fingerprint density at radius 1 is 1.25 bits per heavy atom. The average molecular weight is 287 g/mol. The number of fused-ring (bicyclic) bond motifs is 3.